The predicted molar refractivity (Wildman–Crippen MR) is 67.3 cm³/mol. The molecule has 0 amide bonds. The van der Waals surface area contributed by atoms with Gasteiger partial charge < -0.3 is 4.98 Å². The van der Waals surface area contributed by atoms with Crippen LogP contribution in [0, 0.1) is 6.92 Å². The molecule has 2 nitrogen and oxygen atoms in total. The van der Waals surface area contributed by atoms with Gasteiger partial charge in [0, 0.05) is 11.8 Å². The second kappa shape index (κ2) is 4.32. The molecule has 0 aliphatic heterocycles. The number of pyridine rings is 1. The van der Waals surface area contributed by atoms with Gasteiger partial charge in [0.1, 0.15) is 0 Å². The Bertz CT molecular complexity index is 570. The average Bonchev–Trinajstić information content (AvgIpc) is 2.21. The van der Waals surface area contributed by atoms with Gasteiger partial charge >= 0.3 is 0 Å². The number of aromatic nitrogens is 1. The molecule has 1 heterocycles. The van der Waals surface area contributed by atoms with Crippen molar-refractivity contribution in [3.63, 3.8) is 0 Å². The fourth-order valence-corrected chi connectivity index (χ4v) is 2.21. The van der Waals surface area contributed by atoms with Crippen LogP contribution in [0.3, 0.4) is 0 Å². The van der Waals surface area contributed by atoms with E-state index in [2.05, 4.69) is 4.98 Å². The maximum Gasteiger partial charge on any atom is 0.256 e. The maximum atomic E-state index is 11.8. The molecule has 1 aromatic carbocycles. The van der Waals surface area contributed by atoms with E-state index in [-0.39, 0.29) is 5.56 Å². The van der Waals surface area contributed by atoms with Crippen molar-refractivity contribution in [1.82, 2.24) is 4.98 Å². The van der Waals surface area contributed by atoms with E-state index in [1.165, 1.54) is 0 Å². The molecule has 16 heavy (non-hydrogen) atoms. The van der Waals surface area contributed by atoms with E-state index < -0.39 is 0 Å². The lowest BCUT2D eigenvalue weighted by Crippen LogP contribution is -2.10. The molecule has 0 radical (unpaired) electrons. The van der Waals surface area contributed by atoms with Gasteiger partial charge in [0.05, 0.1) is 15.6 Å². The minimum Gasteiger partial charge on any atom is -0.329 e. The normalized spacial score (nSPS) is 10.4. The Morgan fingerprint density at radius 1 is 1.06 bits per heavy atom. The van der Waals surface area contributed by atoms with Crippen LogP contribution < -0.4 is 5.56 Å². The zero-order chi connectivity index (χ0) is 11.7. The minimum absolute atomic E-state index is 0.185. The van der Waals surface area contributed by atoms with E-state index in [1.807, 2.05) is 13.0 Å². The van der Waals surface area contributed by atoms with Crippen LogP contribution in [0.1, 0.15) is 5.56 Å². The number of hydrogen-bond donors (Lipinski definition) is 1. The van der Waals surface area contributed by atoms with Gasteiger partial charge in [0.2, 0.25) is 0 Å². The second-order valence-electron chi connectivity index (χ2n) is 3.46. The summed E-state index contributed by atoms with van der Waals surface area (Å²) >= 11 is 12.1. The highest BCUT2D eigenvalue weighted by molar-refractivity contribution is 6.39. The van der Waals surface area contributed by atoms with Gasteiger partial charge in [-0.2, -0.15) is 0 Å². The van der Waals surface area contributed by atoms with E-state index in [0.29, 0.717) is 21.2 Å². The predicted octanol–water partition coefficient (Wildman–Crippen LogP) is 3.66. The van der Waals surface area contributed by atoms with Crippen molar-refractivity contribution in [3.05, 3.63) is 56.4 Å². The molecule has 0 fully saturated rings. The highest BCUT2D eigenvalue weighted by atomic mass is 35.5. The van der Waals surface area contributed by atoms with Crippen LogP contribution in [0.2, 0.25) is 10.0 Å². The van der Waals surface area contributed by atoms with Crippen LogP contribution >= 0.6 is 23.2 Å². The molecular formula is C12H9Cl2NO. The molecule has 4 heteroatoms. The van der Waals surface area contributed by atoms with Gasteiger partial charge in [-0.1, -0.05) is 29.3 Å². The molecule has 0 spiro atoms. The highest BCUT2D eigenvalue weighted by Gasteiger charge is 2.13. The van der Waals surface area contributed by atoms with Crippen molar-refractivity contribution >= 4 is 23.2 Å². The van der Waals surface area contributed by atoms with E-state index in [1.54, 1.807) is 24.4 Å². The summed E-state index contributed by atoms with van der Waals surface area (Å²) in [5.74, 6) is 0. The van der Waals surface area contributed by atoms with Gasteiger partial charge in [0.25, 0.3) is 5.56 Å². The number of benzene rings is 1. The van der Waals surface area contributed by atoms with Gasteiger partial charge in [-0.15, -0.1) is 0 Å². The van der Waals surface area contributed by atoms with Gasteiger partial charge in [-0.05, 0) is 30.7 Å². The molecule has 82 valence electrons. The van der Waals surface area contributed by atoms with Crippen molar-refractivity contribution < 1.29 is 0 Å². The number of H-pyrrole nitrogens is 1. The van der Waals surface area contributed by atoms with Crippen LogP contribution in [0.5, 0.6) is 0 Å². The first kappa shape index (κ1) is 11.2. The smallest absolute Gasteiger partial charge is 0.256 e. The lowest BCUT2D eigenvalue weighted by atomic mass is 10.0. The third-order valence-corrected chi connectivity index (χ3v) is 3.01. The second-order valence-corrected chi connectivity index (χ2v) is 4.28. The summed E-state index contributed by atoms with van der Waals surface area (Å²) < 4.78 is 0. The summed E-state index contributed by atoms with van der Waals surface area (Å²) in [4.78, 5) is 14.4. The number of nitrogens with one attached hydrogen (secondary N) is 1. The fraction of sp³-hybridized carbons (Fsp3) is 0.0833. The van der Waals surface area contributed by atoms with Crippen LogP contribution in [0.4, 0.5) is 0 Å². The first-order valence-electron chi connectivity index (χ1n) is 4.74. The standard InChI is InChI=1S/C12H9Cl2NO/c1-7-5-6-15-12(16)10(7)11-8(13)3-2-4-9(11)14/h2-6H,1H3,(H,15,16). The molecule has 2 rings (SSSR count). The Hall–Kier alpha value is -1.25. The first-order chi connectivity index (χ1) is 7.61. The molecule has 1 N–H and O–H groups in total. The highest BCUT2D eigenvalue weighted by Crippen LogP contribution is 2.33. The minimum atomic E-state index is -0.185. The van der Waals surface area contributed by atoms with Crippen molar-refractivity contribution in [3.8, 4) is 11.1 Å². The van der Waals surface area contributed by atoms with Crippen LogP contribution in [-0.2, 0) is 0 Å². The molecule has 2 aromatic rings. The van der Waals surface area contributed by atoms with E-state index in [4.69, 9.17) is 23.2 Å². The van der Waals surface area contributed by atoms with Crippen LogP contribution in [0.15, 0.2) is 35.3 Å². The van der Waals surface area contributed by atoms with Crippen LogP contribution in [-0.4, -0.2) is 4.98 Å². The summed E-state index contributed by atoms with van der Waals surface area (Å²) in [7, 11) is 0. The van der Waals surface area contributed by atoms with Gasteiger partial charge in [-0.3, -0.25) is 4.79 Å². The Labute approximate surface area is 103 Å². The van der Waals surface area contributed by atoms with Crippen molar-refractivity contribution in [2.24, 2.45) is 0 Å². The van der Waals surface area contributed by atoms with Crippen molar-refractivity contribution in [1.29, 1.82) is 0 Å². The molecule has 0 saturated carbocycles. The largest absolute Gasteiger partial charge is 0.329 e. The van der Waals surface area contributed by atoms with E-state index in [0.717, 1.165) is 5.56 Å². The summed E-state index contributed by atoms with van der Waals surface area (Å²) in [5.41, 5.74) is 1.78. The number of aromatic amines is 1. The number of halogens is 2. The molecule has 0 aliphatic carbocycles. The fourth-order valence-electron chi connectivity index (χ4n) is 1.62. The molecular weight excluding hydrogens is 245 g/mol. The Kier molecular flexibility index (Phi) is 3.03. The van der Waals surface area contributed by atoms with Crippen molar-refractivity contribution in [2.45, 2.75) is 6.92 Å². The lowest BCUT2D eigenvalue weighted by Gasteiger charge is -2.08. The number of rotatable bonds is 1. The summed E-state index contributed by atoms with van der Waals surface area (Å²) in [5, 5.41) is 0.958. The topological polar surface area (TPSA) is 32.9 Å². The lowest BCUT2D eigenvalue weighted by molar-refractivity contribution is 1.21. The SMILES string of the molecule is Cc1cc[nH]c(=O)c1-c1c(Cl)cccc1Cl. The van der Waals surface area contributed by atoms with Gasteiger partial charge in [-0.25, -0.2) is 0 Å². The molecule has 0 saturated heterocycles. The van der Waals surface area contributed by atoms with E-state index in [9.17, 15) is 4.79 Å². The molecule has 1 aromatic heterocycles. The first-order valence-corrected chi connectivity index (χ1v) is 5.49. The maximum absolute atomic E-state index is 11.8. The Morgan fingerprint density at radius 2 is 1.69 bits per heavy atom. The summed E-state index contributed by atoms with van der Waals surface area (Å²) in [6.45, 7) is 1.85. The Morgan fingerprint density at radius 3 is 2.25 bits per heavy atom. The molecule has 0 aliphatic rings. The average molecular weight is 254 g/mol. The van der Waals surface area contributed by atoms with Crippen LogP contribution in [0.25, 0.3) is 11.1 Å². The third kappa shape index (κ3) is 1.86. The number of aryl methyl sites for hydroxylation is 1. The van der Waals surface area contributed by atoms with Crippen molar-refractivity contribution in [2.75, 3.05) is 0 Å². The zero-order valence-electron chi connectivity index (χ0n) is 8.55. The third-order valence-electron chi connectivity index (χ3n) is 2.38. The van der Waals surface area contributed by atoms with E-state index >= 15 is 0 Å². The quantitative estimate of drug-likeness (QED) is 0.827. The molecule has 0 atom stereocenters. The van der Waals surface area contributed by atoms with Gasteiger partial charge in [0.15, 0.2) is 0 Å². The summed E-state index contributed by atoms with van der Waals surface area (Å²) in [6, 6.07) is 7.00. The number of hydrogen-bond acceptors (Lipinski definition) is 1. The Balaban J connectivity index is 2.83. The molecule has 0 bridgehead atoms. The molecule has 0 unspecified atom stereocenters. The summed E-state index contributed by atoms with van der Waals surface area (Å²) in [6.07, 6.45) is 1.60. The monoisotopic (exact) mass is 253 g/mol. The zero-order valence-corrected chi connectivity index (χ0v) is 10.1.